The van der Waals surface area contributed by atoms with Gasteiger partial charge in [0.2, 0.25) is 5.91 Å². The second kappa shape index (κ2) is 4.80. The molecule has 2 spiro atoms. The molecule has 4 saturated heterocycles. The number of piperidine rings is 2. The van der Waals surface area contributed by atoms with Crippen molar-refractivity contribution in [2.75, 3.05) is 13.1 Å². The first kappa shape index (κ1) is 16.6. The topological polar surface area (TPSA) is 32.3 Å². The molecule has 1 N–H and O–H groups in total. The van der Waals surface area contributed by atoms with Crippen LogP contribution in [0.3, 0.4) is 0 Å². The highest BCUT2D eigenvalue weighted by atomic mass is 35.5. The molecule has 7 rings (SSSR count). The van der Waals surface area contributed by atoms with E-state index in [0.29, 0.717) is 11.8 Å². The number of piperazine rings is 1. The van der Waals surface area contributed by atoms with Crippen molar-refractivity contribution in [3.05, 3.63) is 39.4 Å². The lowest BCUT2D eigenvalue weighted by Gasteiger charge is -2.66. The highest BCUT2D eigenvalue weighted by Gasteiger charge is 2.68. The molecule has 2 bridgehead atoms. The Hall–Kier alpha value is -1.32. The standard InChI is InChI=1S/C23H27ClN2O.H2/c1-13-7-14-8-17-16(15(14)9-18(13)24)10-22-12-26-6-4-5-23(26,20(27)25-22)11-19(22)21(17,2)3;/h7,9,19H,4-6,8,10-12H2,1-3H3,(H,25,27);1H/t19-,22+,23-;/m0./s1. The number of amides is 1. The molecule has 3 atom stereocenters. The first-order valence-corrected chi connectivity index (χ1v) is 10.7. The number of fused-ring (bicyclic) bond motifs is 3. The number of benzene rings is 1. The van der Waals surface area contributed by atoms with Crippen LogP contribution < -0.4 is 5.32 Å². The van der Waals surface area contributed by atoms with Gasteiger partial charge in [0, 0.05) is 13.0 Å². The maximum absolute atomic E-state index is 13.2. The van der Waals surface area contributed by atoms with E-state index in [2.05, 4.69) is 43.1 Å². The Kier molecular flexibility index (Phi) is 2.96. The predicted molar refractivity (Wildman–Crippen MR) is 110 cm³/mol. The molecule has 4 heterocycles. The highest BCUT2D eigenvalue weighted by Crippen LogP contribution is 2.63. The third kappa shape index (κ3) is 1.81. The smallest absolute Gasteiger partial charge is 0.241 e. The fraction of sp³-hybridized carbons (Fsp3) is 0.609. The zero-order valence-electron chi connectivity index (χ0n) is 16.4. The van der Waals surface area contributed by atoms with Crippen molar-refractivity contribution in [1.29, 1.82) is 0 Å². The van der Waals surface area contributed by atoms with Crippen LogP contribution >= 0.6 is 11.6 Å². The summed E-state index contributed by atoms with van der Waals surface area (Å²) in [7, 11) is 0. The van der Waals surface area contributed by atoms with Crippen LogP contribution in [0.2, 0.25) is 5.02 Å². The molecular weight excluding hydrogens is 356 g/mol. The first-order chi connectivity index (χ1) is 12.8. The second-order valence-electron chi connectivity index (χ2n) is 10.2. The van der Waals surface area contributed by atoms with Crippen molar-refractivity contribution >= 4 is 23.1 Å². The molecule has 1 amide bonds. The Labute approximate surface area is 167 Å². The largest absolute Gasteiger partial charge is 0.347 e. The van der Waals surface area contributed by atoms with E-state index in [1.165, 1.54) is 16.7 Å². The lowest BCUT2D eigenvalue weighted by atomic mass is 9.50. The fourth-order valence-electron chi connectivity index (χ4n) is 7.34. The molecule has 27 heavy (non-hydrogen) atoms. The van der Waals surface area contributed by atoms with Gasteiger partial charge >= 0.3 is 0 Å². The molecular formula is C23H29ClN2O. The van der Waals surface area contributed by atoms with E-state index in [0.717, 1.165) is 55.8 Å². The van der Waals surface area contributed by atoms with Gasteiger partial charge in [-0.1, -0.05) is 37.1 Å². The summed E-state index contributed by atoms with van der Waals surface area (Å²) in [6, 6.07) is 4.45. The Bertz CT molecular complexity index is 954. The number of rotatable bonds is 0. The Morgan fingerprint density at radius 2 is 2.15 bits per heavy atom. The number of nitrogens with one attached hydrogen (secondary N) is 1. The molecule has 6 aliphatic rings. The van der Waals surface area contributed by atoms with Crippen molar-refractivity contribution in [1.82, 2.24) is 10.2 Å². The average Bonchev–Trinajstić information content (AvgIpc) is 3.17. The summed E-state index contributed by atoms with van der Waals surface area (Å²) in [5.74, 6) is 0.809. The maximum Gasteiger partial charge on any atom is 0.241 e. The van der Waals surface area contributed by atoms with Gasteiger partial charge in [-0.05, 0) is 85.2 Å². The molecule has 0 radical (unpaired) electrons. The summed E-state index contributed by atoms with van der Waals surface area (Å²) >= 11 is 6.50. The molecule has 4 aliphatic heterocycles. The van der Waals surface area contributed by atoms with Crippen LogP contribution in [-0.2, 0) is 11.2 Å². The van der Waals surface area contributed by atoms with Gasteiger partial charge in [-0.15, -0.1) is 0 Å². The van der Waals surface area contributed by atoms with Gasteiger partial charge in [0.05, 0.1) is 5.54 Å². The van der Waals surface area contributed by atoms with Gasteiger partial charge in [-0.25, -0.2) is 0 Å². The van der Waals surface area contributed by atoms with Gasteiger partial charge in [-0.3, -0.25) is 9.69 Å². The van der Waals surface area contributed by atoms with E-state index in [1.54, 1.807) is 5.57 Å². The minimum atomic E-state index is -0.229. The average molecular weight is 385 g/mol. The summed E-state index contributed by atoms with van der Waals surface area (Å²) < 4.78 is 0. The molecule has 144 valence electrons. The number of aryl methyl sites for hydroxylation is 1. The molecule has 1 aromatic carbocycles. The molecule has 2 aliphatic carbocycles. The van der Waals surface area contributed by atoms with Crippen molar-refractivity contribution in [3.63, 3.8) is 0 Å². The van der Waals surface area contributed by atoms with E-state index < -0.39 is 0 Å². The number of halogens is 1. The van der Waals surface area contributed by atoms with E-state index >= 15 is 0 Å². The minimum Gasteiger partial charge on any atom is -0.347 e. The molecule has 3 nitrogen and oxygen atoms in total. The summed E-state index contributed by atoms with van der Waals surface area (Å²) in [5, 5.41) is 4.43. The molecule has 0 unspecified atom stereocenters. The zero-order chi connectivity index (χ0) is 18.8. The van der Waals surface area contributed by atoms with Crippen LogP contribution in [0.5, 0.6) is 0 Å². The number of carbonyl (C=O) groups is 1. The maximum atomic E-state index is 13.2. The van der Waals surface area contributed by atoms with E-state index in [1.807, 2.05) is 0 Å². The van der Waals surface area contributed by atoms with Crippen LogP contribution in [0, 0.1) is 18.3 Å². The number of allylic oxidation sites excluding steroid dienone is 1. The van der Waals surface area contributed by atoms with Crippen molar-refractivity contribution in [2.24, 2.45) is 11.3 Å². The Morgan fingerprint density at radius 3 is 2.96 bits per heavy atom. The highest BCUT2D eigenvalue weighted by molar-refractivity contribution is 6.31. The predicted octanol–water partition coefficient (Wildman–Crippen LogP) is 4.36. The normalized spacial score (nSPS) is 38.4. The third-order valence-corrected chi connectivity index (χ3v) is 9.08. The minimum absolute atomic E-state index is 0. The lowest BCUT2D eigenvalue weighted by molar-refractivity contribution is -0.161. The monoisotopic (exact) mass is 384 g/mol. The van der Waals surface area contributed by atoms with E-state index in [-0.39, 0.29) is 17.9 Å². The number of hydrogen-bond acceptors (Lipinski definition) is 2. The molecule has 4 heteroatoms. The van der Waals surface area contributed by atoms with Crippen LogP contribution in [-0.4, -0.2) is 35.0 Å². The van der Waals surface area contributed by atoms with Gasteiger partial charge in [0.25, 0.3) is 0 Å². The number of carbonyl (C=O) groups excluding carboxylic acids is 1. The van der Waals surface area contributed by atoms with Gasteiger partial charge < -0.3 is 5.32 Å². The second-order valence-corrected chi connectivity index (χ2v) is 10.6. The van der Waals surface area contributed by atoms with E-state index in [9.17, 15) is 4.79 Å². The van der Waals surface area contributed by atoms with Gasteiger partial charge in [0.1, 0.15) is 5.54 Å². The van der Waals surface area contributed by atoms with Gasteiger partial charge in [-0.2, -0.15) is 0 Å². The van der Waals surface area contributed by atoms with E-state index in [4.69, 9.17) is 11.6 Å². The fourth-order valence-corrected chi connectivity index (χ4v) is 7.50. The Morgan fingerprint density at radius 1 is 1.33 bits per heavy atom. The quantitative estimate of drug-likeness (QED) is 0.720. The zero-order valence-corrected chi connectivity index (χ0v) is 17.2. The van der Waals surface area contributed by atoms with Crippen LogP contribution in [0.4, 0.5) is 0 Å². The summed E-state index contributed by atoms with van der Waals surface area (Å²) in [5.41, 5.74) is 6.72. The SMILES string of the molecule is Cc1cc2c(cc1Cl)C1=C(C2)C(C)(C)[C@@H]2C[C@]34CCCN3C[C@@]2(C1)NC4=O.[HH]. The third-order valence-electron chi connectivity index (χ3n) is 8.67. The van der Waals surface area contributed by atoms with Crippen molar-refractivity contribution in [3.8, 4) is 0 Å². The number of hydrogen-bond donors (Lipinski definition) is 1. The summed E-state index contributed by atoms with van der Waals surface area (Å²) in [4.78, 5) is 15.7. The summed E-state index contributed by atoms with van der Waals surface area (Å²) in [6.07, 6.45) is 5.22. The Balaban J connectivity index is 0.00000171. The van der Waals surface area contributed by atoms with Gasteiger partial charge in [0.15, 0.2) is 0 Å². The lowest BCUT2D eigenvalue weighted by Crippen LogP contribution is -2.81. The molecule has 0 saturated carbocycles. The van der Waals surface area contributed by atoms with Crippen LogP contribution in [0.15, 0.2) is 17.7 Å². The van der Waals surface area contributed by atoms with Crippen molar-refractivity contribution in [2.45, 2.75) is 64.0 Å². The number of nitrogens with zero attached hydrogens (tertiary/aromatic N) is 1. The van der Waals surface area contributed by atoms with Crippen LogP contribution in [0.25, 0.3) is 5.57 Å². The molecule has 1 aromatic rings. The van der Waals surface area contributed by atoms with Crippen molar-refractivity contribution < 1.29 is 6.22 Å². The summed E-state index contributed by atoms with van der Waals surface area (Å²) in [6.45, 7) is 9.04. The first-order valence-electron chi connectivity index (χ1n) is 10.4. The molecule has 4 fully saturated rings. The van der Waals surface area contributed by atoms with Crippen LogP contribution in [0.1, 0.15) is 57.6 Å². The molecule has 0 aromatic heterocycles.